The molecule has 0 unspecified atom stereocenters. The Kier molecular flexibility index (Phi) is 3.87. The van der Waals surface area contributed by atoms with Gasteiger partial charge in [0.15, 0.2) is 5.60 Å². The SMILES string of the molecule is CC[C@@]1(O)C(=O)OCc2c1cc1n(c2=O)Cc2c-1nc1ccc(Cl)cc1c2CN. The molecule has 8 heteroatoms. The van der Waals surface area contributed by atoms with Gasteiger partial charge in [-0.05, 0) is 36.2 Å². The Morgan fingerprint density at radius 3 is 2.83 bits per heavy atom. The Balaban J connectivity index is 1.84. The average molecular weight is 412 g/mol. The molecular weight excluding hydrogens is 394 g/mol. The number of aromatic nitrogens is 2. The lowest BCUT2D eigenvalue weighted by Crippen LogP contribution is -2.44. The monoisotopic (exact) mass is 411 g/mol. The highest BCUT2D eigenvalue weighted by Crippen LogP contribution is 2.40. The number of benzene rings is 1. The number of ether oxygens (including phenoxy) is 1. The number of pyridine rings is 2. The second-order valence-electron chi connectivity index (χ2n) is 7.39. The van der Waals surface area contributed by atoms with Crippen molar-refractivity contribution < 1.29 is 14.6 Å². The van der Waals surface area contributed by atoms with E-state index < -0.39 is 11.6 Å². The molecule has 0 saturated heterocycles. The molecular formula is C21H18ClN3O4. The first-order valence-corrected chi connectivity index (χ1v) is 9.75. The lowest BCUT2D eigenvalue weighted by Gasteiger charge is -2.31. The third-order valence-corrected chi connectivity index (χ3v) is 6.21. The first-order chi connectivity index (χ1) is 13.9. The molecule has 0 amide bonds. The summed E-state index contributed by atoms with van der Waals surface area (Å²) in [5.41, 5.74) is 8.18. The van der Waals surface area contributed by atoms with E-state index in [-0.39, 0.29) is 25.1 Å². The van der Waals surface area contributed by atoms with E-state index in [1.54, 1.807) is 23.6 Å². The second kappa shape index (κ2) is 6.13. The lowest BCUT2D eigenvalue weighted by molar-refractivity contribution is -0.172. The highest BCUT2D eigenvalue weighted by Gasteiger charge is 2.45. The van der Waals surface area contributed by atoms with Crippen molar-refractivity contribution in [1.82, 2.24) is 9.55 Å². The van der Waals surface area contributed by atoms with E-state index in [0.717, 1.165) is 22.0 Å². The zero-order valence-electron chi connectivity index (χ0n) is 15.7. The molecule has 4 heterocycles. The van der Waals surface area contributed by atoms with E-state index in [2.05, 4.69) is 0 Å². The second-order valence-corrected chi connectivity index (χ2v) is 7.82. The number of hydrogen-bond donors (Lipinski definition) is 2. The average Bonchev–Trinajstić information content (AvgIpc) is 3.08. The molecule has 2 aromatic heterocycles. The maximum Gasteiger partial charge on any atom is 0.343 e. The number of rotatable bonds is 2. The van der Waals surface area contributed by atoms with Gasteiger partial charge >= 0.3 is 5.97 Å². The van der Waals surface area contributed by atoms with Crippen LogP contribution in [0.3, 0.4) is 0 Å². The van der Waals surface area contributed by atoms with E-state index in [4.69, 9.17) is 27.1 Å². The van der Waals surface area contributed by atoms with Crippen molar-refractivity contribution in [2.75, 3.05) is 0 Å². The van der Waals surface area contributed by atoms with E-state index in [1.165, 1.54) is 0 Å². The van der Waals surface area contributed by atoms with Gasteiger partial charge in [0, 0.05) is 28.1 Å². The fraction of sp³-hybridized carbons (Fsp3) is 0.286. The number of carbonyl (C=O) groups excluding carboxylic acids is 1. The van der Waals surface area contributed by atoms with Crippen molar-refractivity contribution in [3.05, 3.63) is 61.9 Å². The van der Waals surface area contributed by atoms with Gasteiger partial charge in [0.25, 0.3) is 5.56 Å². The van der Waals surface area contributed by atoms with Crippen molar-refractivity contribution in [3.8, 4) is 11.4 Å². The van der Waals surface area contributed by atoms with Crippen molar-refractivity contribution in [3.63, 3.8) is 0 Å². The van der Waals surface area contributed by atoms with Crippen molar-refractivity contribution in [1.29, 1.82) is 0 Å². The van der Waals surface area contributed by atoms with Gasteiger partial charge in [-0.15, -0.1) is 0 Å². The molecule has 0 fully saturated rings. The van der Waals surface area contributed by atoms with Crippen LogP contribution in [0.15, 0.2) is 29.1 Å². The molecule has 0 saturated carbocycles. The summed E-state index contributed by atoms with van der Waals surface area (Å²) in [6, 6.07) is 7.09. The Hall–Kier alpha value is -2.74. The number of nitrogens with two attached hydrogens (primary N) is 1. The molecule has 0 aliphatic carbocycles. The van der Waals surface area contributed by atoms with Gasteiger partial charge in [0.1, 0.15) is 6.61 Å². The van der Waals surface area contributed by atoms with Gasteiger partial charge in [-0.2, -0.15) is 0 Å². The fourth-order valence-corrected chi connectivity index (χ4v) is 4.54. The number of aliphatic hydroxyl groups is 1. The number of cyclic esters (lactones) is 1. The van der Waals surface area contributed by atoms with Crippen molar-refractivity contribution in [2.45, 2.75) is 38.6 Å². The van der Waals surface area contributed by atoms with E-state index >= 15 is 0 Å². The van der Waals surface area contributed by atoms with Crippen LogP contribution < -0.4 is 11.3 Å². The van der Waals surface area contributed by atoms with Crippen LogP contribution in [0.5, 0.6) is 0 Å². The quantitative estimate of drug-likeness (QED) is 0.489. The van der Waals surface area contributed by atoms with Gasteiger partial charge < -0.3 is 20.1 Å². The van der Waals surface area contributed by atoms with Crippen LogP contribution in [0, 0.1) is 0 Å². The van der Waals surface area contributed by atoms with E-state index in [1.807, 2.05) is 12.1 Å². The Morgan fingerprint density at radius 2 is 2.10 bits per heavy atom. The molecule has 0 radical (unpaired) electrons. The summed E-state index contributed by atoms with van der Waals surface area (Å²) in [6.07, 6.45) is 0.103. The largest absolute Gasteiger partial charge is 0.458 e. The highest BCUT2D eigenvalue weighted by molar-refractivity contribution is 6.31. The third kappa shape index (κ3) is 2.35. The predicted molar refractivity (Wildman–Crippen MR) is 107 cm³/mol. The number of hydrogen-bond acceptors (Lipinski definition) is 6. The molecule has 2 aliphatic rings. The number of esters is 1. The summed E-state index contributed by atoms with van der Waals surface area (Å²) < 4.78 is 6.70. The summed E-state index contributed by atoms with van der Waals surface area (Å²) in [6.45, 7) is 2.11. The first kappa shape index (κ1) is 18.3. The Labute approximate surface area is 170 Å². The zero-order valence-corrected chi connectivity index (χ0v) is 16.4. The van der Waals surface area contributed by atoms with Crippen molar-refractivity contribution in [2.24, 2.45) is 5.73 Å². The summed E-state index contributed by atoms with van der Waals surface area (Å²) in [4.78, 5) is 30.2. The molecule has 148 valence electrons. The third-order valence-electron chi connectivity index (χ3n) is 5.97. The highest BCUT2D eigenvalue weighted by atomic mass is 35.5. The fourth-order valence-electron chi connectivity index (χ4n) is 4.37. The minimum absolute atomic E-state index is 0.103. The Morgan fingerprint density at radius 1 is 1.31 bits per heavy atom. The number of carbonyl (C=O) groups is 1. The van der Waals surface area contributed by atoms with Gasteiger partial charge in [-0.1, -0.05) is 18.5 Å². The molecule has 3 aromatic rings. The number of nitrogens with zero attached hydrogens (tertiary/aromatic N) is 2. The van der Waals surface area contributed by atoms with Gasteiger partial charge in [0.2, 0.25) is 0 Å². The number of fused-ring (bicyclic) bond motifs is 5. The summed E-state index contributed by atoms with van der Waals surface area (Å²) in [7, 11) is 0. The van der Waals surface area contributed by atoms with Crippen LogP contribution in [-0.2, 0) is 34.8 Å². The van der Waals surface area contributed by atoms with Crippen LogP contribution in [0.2, 0.25) is 5.02 Å². The minimum Gasteiger partial charge on any atom is -0.458 e. The van der Waals surface area contributed by atoms with E-state index in [9.17, 15) is 14.7 Å². The molecule has 5 rings (SSSR count). The van der Waals surface area contributed by atoms with Gasteiger partial charge in [-0.25, -0.2) is 9.78 Å². The van der Waals surface area contributed by atoms with E-state index in [0.29, 0.717) is 34.1 Å². The van der Waals surface area contributed by atoms with Crippen LogP contribution in [0.4, 0.5) is 0 Å². The molecule has 1 aromatic carbocycles. The lowest BCUT2D eigenvalue weighted by atomic mass is 9.86. The maximum atomic E-state index is 13.2. The van der Waals surface area contributed by atoms with Crippen LogP contribution in [0.25, 0.3) is 22.3 Å². The van der Waals surface area contributed by atoms with Crippen LogP contribution >= 0.6 is 11.6 Å². The van der Waals surface area contributed by atoms with Crippen molar-refractivity contribution >= 4 is 28.5 Å². The minimum atomic E-state index is -1.84. The molecule has 7 nitrogen and oxygen atoms in total. The molecule has 29 heavy (non-hydrogen) atoms. The number of halogens is 1. The predicted octanol–water partition coefficient (Wildman–Crippen LogP) is 2.19. The standard InChI is InChI=1S/C21H18ClN3O4/c1-2-21(28)15-6-17-18-13(8-25(17)19(26)14(15)9-29-20(21)27)12(7-23)11-5-10(22)3-4-16(11)24-18/h3-6,28H,2,7-9,23H2,1H3/t21-/m0/s1. The summed E-state index contributed by atoms with van der Waals surface area (Å²) >= 11 is 6.16. The maximum absolute atomic E-state index is 13.2. The topological polar surface area (TPSA) is 107 Å². The van der Waals surface area contributed by atoms with Gasteiger partial charge in [-0.3, -0.25) is 4.79 Å². The molecule has 0 bridgehead atoms. The first-order valence-electron chi connectivity index (χ1n) is 9.37. The summed E-state index contributed by atoms with van der Waals surface area (Å²) in [5, 5.41) is 12.4. The van der Waals surface area contributed by atoms with Crippen LogP contribution in [-0.4, -0.2) is 20.6 Å². The summed E-state index contributed by atoms with van der Waals surface area (Å²) in [5.74, 6) is -0.737. The molecule has 3 N–H and O–H groups in total. The zero-order chi connectivity index (χ0) is 20.5. The Bertz CT molecular complexity index is 1280. The normalized spacial score (nSPS) is 19.7. The molecule has 1 atom stereocenters. The molecule has 0 spiro atoms. The van der Waals surface area contributed by atoms with Crippen LogP contribution in [0.1, 0.15) is 35.6 Å². The van der Waals surface area contributed by atoms with Gasteiger partial charge in [0.05, 0.1) is 29.0 Å². The smallest absolute Gasteiger partial charge is 0.343 e. The molecule has 2 aliphatic heterocycles.